The highest BCUT2D eigenvalue weighted by Crippen LogP contribution is 2.13. The van der Waals surface area contributed by atoms with Crippen molar-refractivity contribution in [1.82, 2.24) is 10.2 Å². The SMILES string of the molecule is c1cc2ccc1nnc1ccc2cc1. The van der Waals surface area contributed by atoms with E-state index >= 15 is 0 Å². The van der Waals surface area contributed by atoms with E-state index in [-0.39, 0.29) is 0 Å². The number of hydrogen-bond acceptors (Lipinski definition) is 2. The zero-order chi connectivity index (χ0) is 9.38. The third kappa shape index (κ3) is 1.12. The molecule has 0 spiro atoms. The summed E-state index contributed by atoms with van der Waals surface area (Å²) in [5, 5.41) is 10.7. The van der Waals surface area contributed by atoms with Gasteiger partial charge in [-0.05, 0) is 35.0 Å². The maximum Gasteiger partial charge on any atom is 0.0857 e. The zero-order valence-corrected chi connectivity index (χ0v) is 7.51. The monoisotopic (exact) mass is 180 g/mol. The standard InChI is InChI=1S/C12H8N2/c1-5-11-6-2-9(1)10-3-7-12(8-4-10)14-13-11/h1-8H. The Morgan fingerprint density at radius 1 is 0.500 bits per heavy atom. The highest BCUT2D eigenvalue weighted by molar-refractivity contribution is 5.83. The molecule has 0 aliphatic rings. The van der Waals surface area contributed by atoms with Crippen LogP contribution >= 0.6 is 0 Å². The van der Waals surface area contributed by atoms with Gasteiger partial charge in [-0.2, -0.15) is 10.2 Å². The summed E-state index contributed by atoms with van der Waals surface area (Å²) in [6.07, 6.45) is 0. The third-order valence-electron chi connectivity index (χ3n) is 2.35. The molecule has 0 amide bonds. The van der Waals surface area contributed by atoms with Crippen LogP contribution in [-0.2, 0) is 0 Å². The van der Waals surface area contributed by atoms with Crippen LogP contribution in [0.25, 0.3) is 21.8 Å². The lowest BCUT2D eigenvalue weighted by atomic mass is 10.1. The molecule has 0 saturated heterocycles. The lowest BCUT2D eigenvalue weighted by Crippen LogP contribution is -1.80. The van der Waals surface area contributed by atoms with Gasteiger partial charge < -0.3 is 0 Å². The summed E-state index contributed by atoms with van der Waals surface area (Å²) in [7, 11) is 0. The van der Waals surface area contributed by atoms with Gasteiger partial charge in [0.15, 0.2) is 0 Å². The van der Waals surface area contributed by atoms with Crippen LogP contribution in [-0.4, -0.2) is 10.2 Å². The van der Waals surface area contributed by atoms with Crippen molar-refractivity contribution in [3.8, 4) is 0 Å². The highest BCUT2D eigenvalue weighted by atomic mass is 15.1. The van der Waals surface area contributed by atoms with Crippen molar-refractivity contribution in [2.24, 2.45) is 0 Å². The number of aromatic nitrogens is 2. The minimum Gasteiger partial charge on any atom is -0.151 e. The lowest BCUT2D eigenvalue weighted by molar-refractivity contribution is 1.12. The van der Waals surface area contributed by atoms with Gasteiger partial charge >= 0.3 is 0 Å². The van der Waals surface area contributed by atoms with E-state index in [0.29, 0.717) is 0 Å². The molecule has 4 bridgehead atoms. The molecule has 4 aromatic heterocycles. The molecule has 0 fully saturated rings. The molecule has 4 heterocycles. The Morgan fingerprint density at radius 3 is 1.21 bits per heavy atom. The van der Waals surface area contributed by atoms with E-state index in [4.69, 9.17) is 0 Å². The van der Waals surface area contributed by atoms with Gasteiger partial charge in [0.1, 0.15) is 0 Å². The molecule has 0 unspecified atom stereocenters. The molecule has 0 aliphatic heterocycles. The largest absolute Gasteiger partial charge is 0.151 e. The van der Waals surface area contributed by atoms with E-state index < -0.39 is 0 Å². The Balaban J connectivity index is 2.62. The summed E-state index contributed by atoms with van der Waals surface area (Å²) in [6.45, 7) is 0. The molecule has 6 rings (SSSR count). The van der Waals surface area contributed by atoms with Crippen LogP contribution in [0.3, 0.4) is 0 Å². The van der Waals surface area contributed by atoms with E-state index in [1.165, 1.54) is 10.8 Å². The van der Waals surface area contributed by atoms with Crippen LogP contribution in [0.15, 0.2) is 48.5 Å². The topological polar surface area (TPSA) is 25.8 Å². The van der Waals surface area contributed by atoms with E-state index in [2.05, 4.69) is 34.5 Å². The second kappa shape index (κ2) is 2.77. The molecule has 2 aromatic carbocycles. The molecule has 0 radical (unpaired) electrons. The molecule has 2 heteroatoms. The number of hydrogen-bond donors (Lipinski definition) is 0. The first kappa shape index (κ1) is 7.44. The number of rotatable bonds is 0. The van der Waals surface area contributed by atoms with Crippen LogP contribution < -0.4 is 0 Å². The van der Waals surface area contributed by atoms with Gasteiger partial charge in [-0.3, -0.25) is 0 Å². The van der Waals surface area contributed by atoms with Crippen molar-refractivity contribution < 1.29 is 0 Å². The first-order chi connectivity index (χ1) is 6.92. The maximum absolute atomic E-state index is 4.12. The summed E-state index contributed by atoms with van der Waals surface area (Å²) < 4.78 is 0. The second-order valence-electron chi connectivity index (χ2n) is 3.29. The predicted molar refractivity (Wildman–Crippen MR) is 57.0 cm³/mol. The Labute approximate surface area is 81.2 Å². The highest BCUT2D eigenvalue weighted by Gasteiger charge is 1.91. The van der Waals surface area contributed by atoms with Crippen molar-refractivity contribution >= 4 is 21.8 Å². The van der Waals surface area contributed by atoms with Gasteiger partial charge in [0.2, 0.25) is 0 Å². The third-order valence-corrected chi connectivity index (χ3v) is 2.35. The molecule has 0 aliphatic carbocycles. The molecule has 66 valence electrons. The Morgan fingerprint density at radius 2 is 0.857 bits per heavy atom. The van der Waals surface area contributed by atoms with Crippen LogP contribution in [0.5, 0.6) is 0 Å². The first-order valence-corrected chi connectivity index (χ1v) is 4.54. The Kier molecular flexibility index (Phi) is 1.47. The quantitative estimate of drug-likeness (QED) is 0.531. The van der Waals surface area contributed by atoms with Gasteiger partial charge in [-0.25, -0.2) is 0 Å². The maximum atomic E-state index is 4.12. The Hall–Kier alpha value is -1.96. The summed E-state index contributed by atoms with van der Waals surface area (Å²) in [6, 6.07) is 16.2. The van der Waals surface area contributed by atoms with Crippen molar-refractivity contribution in [3.05, 3.63) is 48.5 Å². The number of benzene rings is 2. The molecule has 6 aromatic rings. The van der Waals surface area contributed by atoms with Crippen LogP contribution in [0.1, 0.15) is 0 Å². The summed E-state index contributed by atoms with van der Waals surface area (Å²) in [5.74, 6) is 0. The summed E-state index contributed by atoms with van der Waals surface area (Å²) in [5.41, 5.74) is 1.80. The van der Waals surface area contributed by atoms with Gasteiger partial charge in [-0.1, -0.05) is 24.3 Å². The average molecular weight is 180 g/mol. The number of nitrogens with zero attached hydrogens (tertiary/aromatic N) is 2. The van der Waals surface area contributed by atoms with E-state index in [1.54, 1.807) is 0 Å². The fourth-order valence-corrected chi connectivity index (χ4v) is 1.56. The van der Waals surface area contributed by atoms with Crippen molar-refractivity contribution in [1.29, 1.82) is 0 Å². The fraction of sp³-hybridized carbons (Fsp3) is 0. The predicted octanol–water partition coefficient (Wildman–Crippen LogP) is 2.78. The van der Waals surface area contributed by atoms with Crippen molar-refractivity contribution in [3.63, 3.8) is 0 Å². The van der Waals surface area contributed by atoms with Crippen molar-refractivity contribution in [2.75, 3.05) is 0 Å². The molecular formula is C12H8N2. The first-order valence-electron chi connectivity index (χ1n) is 4.54. The molecule has 14 heavy (non-hydrogen) atoms. The van der Waals surface area contributed by atoms with Gasteiger partial charge in [-0.15, -0.1) is 0 Å². The molecule has 0 saturated carbocycles. The molecule has 0 N–H and O–H groups in total. The molecule has 2 nitrogen and oxygen atoms in total. The average Bonchev–Trinajstić information content (AvgIpc) is 2.30. The van der Waals surface area contributed by atoms with Crippen LogP contribution in [0.2, 0.25) is 0 Å². The van der Waals surface area contributed by atoms with E-state index in [0.717, 1.165) is 11.0 Å². The summed E-state index contributed by atoms with van der Waals surface area (Å²) in [4.78, 5) is 0. The zero-order valence-electron chi connectivity index (χ0n) is 7.51. The van der Waals surface area contributed by atoms with Crippen LogP contribution in [0.4, 0.5) is 0 Å². The van der Waals surface area contributed by atoms with Crippen molar-refractivity contribution in [2.45, 2.75) is 0 Å². The minimum atomic E-state index is 0.899. The van der Waals surface area contributed by atoms with Gasteiger partial charge in [0.25, 0.3) is 0 Å². The van der Waals surface area contributed by atoms with Crippen LogP contribution in [0, 0.1) is 0 Å². The molecular weight excluding hydrogens is 172 g/mol. The smallest absolute Gasteiger partial charge is 0.0857 e. The van der Waals surface area contributed by atoms with Gasteiger partial charge in [0, 0.05) is 0 Å². The van der Waals surface area contributed by atoms with E-state index in [1.807, 2.05) is 24.3 Å². The fourth-order valence-electron chi connectivity index (χ4n) is 1.56. The minimum absolute atomic E-state index is 0.899. The second-order valence-corrected chi connectivity index (χ2v) is 3.29. The normalized spacial score (nSPS) is 10.9. The molecule has 0 atom stereocenters. The van der Waals surface area contributed by atoms with E-state index in [9.17, 15) is 0 Å². The van der Waals surface area contributed by atoms with Gasteiger partial charge in [0.05, 0.1) is 11.0 Å². The summed E-state index contributed by atoms with van der Waals surface area (Å²) >= 11 is 0. The Bertz CT molecular complexity index is 507. The lowest BCUT2D eigenvalue weighted by Gasteiger charge is -1.95.